The lowest BCUT2D eigenvalue weighted by molar-refractivity contribution is -0.137. The number of hydrogen-bond donors (Lipinski definition) is 2. The minimum atomic E-state index is -4.34. The van der Waals surface area contributed by atoms with Crippen LogP contribution in [0.3, 0.4) is 0 Å². The molecule has 7 nitrogen and oxygen atoms in total. The van der Waals surface area contributed by atoms with Crippen molar-refractivity contribution in [1.82, 2.24) is 25.5 Å². The Morgan fingerprint density at radius 1 is 1.06 bits per heavy atom. The Morgan fingerprint density at radius 2 is 1.77 bits per heavy atom. The van der Waals surface area contributed by atoms with Crippen LogP contribution in [0.5, 0.6) is 0 Å². The number of halogens is 4. The second-order valence-electron chi connectivity index (χ2n) is 6.93. The minimum absolute atomic E-state index is 0. The molecule has 0 aliphatic carbocycles. The molecule has 1 saturated heterocycles. The van der Waals surface area contributed by atoms with Crippen LogP contribution in [0.1, 0.15) is 11.1 Å². The molecule has 1 aromatic heterocycles. The zero-order valence-corrected chi connectivity index (χ0v) is 19.6. The van der Waals surface area contributed by atoms with Gasteiger partial charge in [0.05, 0.1) is 5.56 Å². The molecule has 0 unspecified atom stereocenters. The molecule has 3 rings (SSSR count). The van der Waals surface area contributed by atoms with Gasteiger partial charge in [-0.25, -0.2) is 9.97 Å². The first-order chi connectivity index (χ1) is 14.5. The topological polar surface area (TPSA) is 68.7 Å². The fraction of sp³-hybridized carbons (Fsp3) is 0.450. The maximum atomic E-state index is 12.8. The van der Waals surface area contributed by atoms with E-state index >= 15 is 0 Å². The molecular weight excluding hydrogens is 522 g/mol. The van der Waals surface area contributed by atoms with E-state index in [1.807, 2.05) is 0 Å². The number of benzene rings is 1. The molecule has 2 heterocycles. The number of nitrogens with one attached hydrogen (secondary N) is 2. The summed E-state index contributed by atoms with van der Waals surface area (Å²) < 4.78 is 38.5. The van der Waals surface area contributed by atoms with Crippen LogP contribution in [0, 0.1) is 0 Å². The Kier molecular flexibility index (Phi) is 9.75. The zero-order valence-electron chi connectivity index (χ0n) is 17.3. The smallest absolute Gasteiger partial charge is 0.355 e. The first kappa shape index (κ1) is 25.1. The number of anilines is 1. The third kappa shape index (κ3) is 7.80. The van der Waals surface area contributed by atoms with Crippen molar-refractivity contribution in [3.05, 3.63) is 53.9 Å². The van der Waals surface area contributed by atoms with Crippen LogP contribution in [-0.4, -0.2) is 67.1 Å². The van der Waals surface area contributed by atoms with Crippen LogP contribution in [-0.2, 0) is 12.7 Å². The van der Waals surface area contributed by atoms with Crippen LogP contribution in [0.25, 0.3) is 0 Å². The van der Waals surface area contributed by atoms with Gasteiger partial charge in [0, 0.05) is 65.3 Å². The molecule has 0 bridgehead atoms. The van der Waals surface area contributed by atoms with Gasteiger partial charge in [0.2, 0.25) is 5.95 Å². The summed E-state index contributed by atoms with van der Waals surface area (Å²) in [5.74, 6) is 1.32. The molecule has 0 saturated carbocycles. The maximum Gasteiger partial charge on any atom is 0.416 e. The summed E-state index contributed by atoms with van der Waals surface area (Å²) in [6.07, 6.45) is -0.847. The molecular formula is C20H27F3IN7. The van der Waals surface area contributed by atoms with Crippen molar-refractivity contribution in [2.75, 3.05) is 51.2 Å². The molecule has 31 heavy (non-hydrogen) atoms. The van der Waals surface area contributed by atoms with E-state index in [0.29, 0.717) is 18.1 Å². The van der Waals surface area contributed by atoms with Gasteiger partial charge >= 0.3 is 6.18 Å². The normalized spacial score (nSPS) is 15.4. The predicted octanol–water partition coefficient (Wildman–Crippen LogP) is 2.60. The van der Waals surface area contributed by atoms with E-state index in [1.54, 1.807) is 31.6 Å². The highest BCUT2D eigenvalue weighted by atomic mass is 127. The third-order valence-corrected chi connectivity index (χ3v) is 4.87. The summed E-state index contributed by atoms with van der Waals surface area (Å²) in [5, 5.41) is 6.27. The molecule has 11 heteroatoms. The Morgan fingerprint density at radius 3 is 2.42 bits per heavy atom. The average Bonchev–Trinajstić information content (AvgIpc) is 2.77. The molecule has 0 radical (unpaired) electrons. The van der Waals surface area contributed by atoms with Crippen molar-refractivity contribution < 1.29 is 13.2 Å². The number of hydrogen-bond acceptors (Lipinski definition) is 5. The standard InChI is InChI=1S/C20H26F3N7.HI/c1-24-18(28-15-16-4-2-5-17(14-16)20(21,22)23)25-8-9-29-10-12-30(13-11-29)19-26-6-3-7-27-19;/h2-7,14H,8-13,15H2,1H3,(H2,24,25,28);1H. The van der Waals surface area contributed by atoms with Crippen molar-refractivity contribution in [1.29, 1.82) is 0 Å². The summed E-state index contributed by atoms with van der Waals surface area (Å²) in [4.78, 5) is 17.2. The van der Waals surface area contributed by atoms with E-state index in [2.05, 4.69) is 35.4 Å². The molecule has 0 spiro atoms. The molecule has 1 aromatic carbocycles. The van der Waals surface area contributed by atoms with E-state index in [0.717, 1.165) is 50.8 Å². The number of aliphatic imine (C=N–C) groups is 1. The fourth-order valence-corrected chi connectivity index (χ4v) is 3.22. The second-order valence-corrected chi connectivity index (χ2v) is 6.93. The molecule has 1 aliphatic rings. The van der Waals surface area contributed by atoms with Crippen LogP contribution in [0.4, 0.5) is 19.1 Å². The minimum Gasteiger partial charge on any atom is -0.355 e. The zero-order chi connectivity index (χ0) is 21.4. The van der Waals surface area contributed by atoms with Crippen molar-refractivity contribution in [3.8, 4) is 0 Å². The highest BCUT2D eigenvalue weighted by Crippen LogP contribution is 2.29. The number of guanidine groups is 1. The highest BCUT2D eigenvalue weighted by molar-refractivity contribution is 14.0. The van der Waals surface area contributed by atoms with Crippen molar-refractivity contribution >= 4 is 35.9 Å². The number of aromatic nitrogens is 2. The maximum absolute atomic E-state index is 12.8. The first-order valence-electron chi connectivity index (χ1n) is 9.80. The van der Waals surface area contributed by atoms with E-state index in [9.17, 15) is 13.2 Å². The molecule has 2 N–H and O–H groups in total. The van der Waals surface area contributed by atoms with Gasteiger partial charge < -0.3 is 15.5 Å². The second kappa shape index (κ2) is 12.0. The van der Waals surface area contributed by atoms with E-state index in [1.165, 1.54) is 6.07 Å². The molecule has 0 amide bonds. The Hall–Kier alpha value is -2.15. The predicted molar refractivity (Wildman–Crippen MR) is 126 cm³/mol. The van der Waals surface area contributed by atoms with Gasteiger partial charge in [-0.2, -0.15) is 13.2 Å². The lowest BCUT2D eigenvalue weighted by atomic mass is 10.1. The summed E-state index contributed by atoms with van der Waals surface area (Å²) >= 11 is 0. The summed E-state index contributed by atoms with van der Waals surface area (Å²) in [6, 6.07) is 7.09. The largest absolute Gasteiger partial charge is 0.416 e. The van der Waals surface area contributed by atoms with Gasteiger partial charge in [0.15, 0.2) is 5.96 Å². The average molecular weight is 549 g/mol. The Balaban J connectivity index is 0.00000341. The van der Waals surface area contributed by atoms with E-state index in [-0.39, 0.29) is 30.5 Å². The molecule has 0 atom stereocenters. The molecule has 2 aromatic rings. The Labute approximate surface area is 197 Å². The van der Waals surface area contributed by atoms with Crippen molar-refractivity contribution in [2.45, 2.75) is 12.7 Å². The summed E-state index contributed by atoms with van der Waals surface area (Å²) in [7, 11) is 1.64. The van der Waals surface area contributed by atoms with Crippen LogP contribution in [0.15, 0.2) is 47.7 Å². The monoisotopic (exact) mass is 549 g/mol. The van der Waals surface area contributed by atoms with Crippen LogP contribution < -0.4 is 15.5 Å². The Bertz CT molecular complexity index is 825. The van der Waals surface area contributed by atoms with Gasteiger partial charge in [-0.15, -0.1) is 24.0 Å². The van der Waals surface area contributed by atoms with E-state index in [4.69, 9.17) is 0 Å². The highest BCUT2D eigenvalue weighted by Gasteiger charge is 2.30. The van der Waals surface area contributed by atoms with Gasteiger partial charge in [0.1, 0.15) is 0 Å². The van der Waals surface area contributed by atoms with Gasteiger partial charge in [-0.3, -0.25) is 9.89 Å². The van der Waals surface area contributed by atoms with Gasteiger partial charge in [0.25, 0.3) is 0 Å². The fourth-order valence-electron chi connectivity index (χ4n) is 3.22. The van der Waals surface area contributed by atoms with Crippen LogP contribution >= 0.6 is 24.0 Å². The number of alkyl halides is 3. The summed E-state index contributed by atoms with van der Waals surface area (Å²) in [6.45, 7) is 5.35. The van der Waals surface area contributed by atoms with Crippen molar-refractivity contribution in [3.63, 3.8) is 0 Å². The van der Waals surface area contributed by atoms with Crippen LogP contribution in [0.2, 0.25) is 0 Å². The SMILES string of the molecule is CN=C(NCCN1CCN(c2ncccn2)CC1)NCc1cccc(C(F)(F)F)c1.I. The van der Waals surface area contributed by atoms with Gasteiger partial charge in [-0.1, -0.05) is 12.1 Å². The first-order valence-corrected chi connectivity index (χ1v) is 9.80. The van der Waals surface area contributed by atoms with E-state index < -0.39 is 11.7 Å². The van der Waals surface area contributed by atoms with Gasteiger partial charge in [-0.05, 0) is 23.8 Å². The number of piperazine rings is 1. The third-order valence-electron chi connectivity index (χ3n) is 4.87. The lowest BCUT2D eigenvalue weighted by Gasteiger charge is -2.34. The lowest BCUT2D eigenvalue weighted by Crippen LogP contribution is -2.49. The molecule has 1 aliphatic heterocycles. The quantitative estimate of drug-likeness (QED) is 0.328. The van der Waals surface area contributed by atoms with Crippen molar-refractivity contribution in [2.24, 2.45) is 4.99 Å². The molecule has 1 fully saturated rings. The molecule has 170 valence electrons. The number of rotatable bonds is 6. The number of nitrogens with zero attached hydrogens (tertiary/aromatic N) is 5. The summed E-state index contributed by atoms with van der Waals surface area (Å²) in [5.41, 5.74) is -0.100.